The Hall–Kier alpha value is -2.83. The van der Waals surface area contributed by atoms with E-state index in [1.165, 1.54) is 38.6 Å². The molecule has 0 aliphatic carbocycles. The summed E-state index contributed by atoms with van der Waals surface area (Å²) in [6.07, 6.45) is 0. The first-order chi connectivity index (χ1) is 10.8. The fraction of sp³-hybridized carbons (Fsp3) is 0.312. The van der Waals surface area contributed by atoms with Crippen LogP contribution in [0.4, 0.5) is 0 Å². The molecule has 1 heterocycles. The first-order valence-electron chi connectivity index (χ1n) is 6.99. The summed E-state index contributed by atoms with van der Waals surface area (Å²) in [7, 11) is 2.98. The molecule has 7 heteroatoms. The third-order valence-electron chi connectivity index (χ3n) is 3.76. The number of methoxy groups -OCH3 is 1. The Morgan fingerprint density at radius 2 is 2.00 bits per heavy atom. The molecule has 0 aliphatic heterocycles. The minimum absolute atomic E-state index is 0.253. The highest BCUT2D eigenvalue weighted by Gasteiger charge is 2.23. The van der Waals surface area contributed by atoms with Gasteiger partial charge in [0.1, 0.15) is 17.1 Å². The number of hydrogen-bond donors (Lipinski definition) is 2. The number of hydrogen-bond acceptors (Lipinski definition) is 5. The molecule has 0 spiro atoms. The van der Waals surface area contributed by atoms with Crippen LogP contribution in [0.2, 0.25) is 0 Å². The number of pyridine rings is 1. The van der Waals surface area contributed by atoms with Crippen molar-refractivity contribution < 1.29 is 19.4 Å². The van der Waals surface area contributed by atoms with Gasteiger partial charge in [0.2, 0.25) is 0 Å². The van der Waals surface area contributed by atoms with Gasteiger partial charge in [-0.3, -0.25) is 14.4 Å². The second-order valence-corrected chi connectivity index (χ2v) is 5.28. The number of amides is 1. The third-order valence-corrected chi connectivity index (χ3v) is 3.76. The molecule has 1 aromatic heterocycles. The van der Waals surface area contributed by atoms with Crippen molar-refractivity contribution in [1.29, 1.82) is 0 Å². The average molecular weight is 318 g/mol. The highest BCUT2D eigenvalue weighted by molar-refractivity contribution is 6.04. The summed E-state index contributed by atoms with van der Waals surface area (Å²) in [6, 6.07) is 4.05. The normalized spacial score (nSPS) is 12.0. The summed E-state index contributed by atoms with van der Waals surface area (Å²) in [5, 5.41) is 13.1. The van der Waals surface area contributed by atoms with Crippen LogP contribution < -0.4 is 15.6 Å². The monoisotopic (exact) mass is 318 g/mol. The van der Waals surface area contributed by atoms with Crippen LogP contribution in [-0.4, -0.2) is 34.5 Å². The summed E-state index contributed by atoms with van der Waals surface area (Å²) in [4.78, 5) is 35.9. The minimum atomic E-state index is -0.796. The van der Waals surface area contributed by atoms with Crippen molar-refractivity contribution in [2.24, 2.45) is 7.05 Å². The fourth-order valence-electron chi connectivity index (χ4n) is 2.21. The number of rotatable bonds is 4. The van der Waals surface area contributed by atoms with E-state index in [4.69, 9.17) is 4.74 Å². The smallest absolute Gasteiger partial charge is 0.267 e. The third kappa shape index (κ3) is 2.90. The Bertz CT molecular complexity index is 854. The van der Waals surface area contributed by atoms with Gasteiger partial charge in [0.15, 0.2) is 5.78 Å². The van der Waals surface area contributed by atoms with Crippen molar-refractivity contribution in [2.45, 2.75) is 19.9 Å². The Labute approximate surface area is 132 Å². The number of fused-ring (bicyclic) bond motifs is 1. The van der Waals surface area contributed by atoms with E-state index in [1.807, 2.05) is 0 Å². The van der Waals surface area contributed by atoms with E-state index in [2.05, 4.69) is 5.32 Å². The highest BCUT2D eigenvalue weighted by atomic mass is 16.5. The van der Waals surface area contributed by atoms with Gasteiger partial charge < -0.3 is 19.7 Å². The molecule has 2 rings (SSSR count). The number of aryl methyl sites for hydroxylation is 1. The number of nitrogens with one attached hydrogen (secondary N) is 1. The maximum Gasteiger partial charge on any atom is 0.267 e. The second-order valence-electron chi connectivity index (χ2n) is 5.28. The summed E-state index contributed by atoms with van der Waals surface area (Å²) >= 11 is 0. The van der Waals surface area contributed by atoms with Crippen LogP contribution in [-0.2, 0) is 11.8 Å². The molecule has 0 fully saturated rings. The topological polar surface area (TPSA) is 97.6 Å². The van der Waals surface area contributed by atoms with Gasteiger partial charge in [0.25, 0.3) is 11.5 Å². The van der Waals surface area contributed by atoms with E-state index in [9.17, 15) is 19.5 Å². The van der Waals surface area contributed by atoms with E-state index in [0.29, 0.717) is 16.7 Å². The molecule has 0 bridgehead atoms. The van der Waals surface area contributed by atoms with Gasteiger partial charge in [-0.25, -0.2) is 0 Å². The average Bonchev–Trinajstić information content (AvgIpc) is 2.52. The SMILES string of the molecule is COc1ccc2c(c1)c(O)c(C(=O)N[C@@H](C)C(C)=O)c(=O)n2C. The molecular formula is C16H18N2O5. The van der Waals surface area contributed by atoms with Crippen molar-refractivity contribution >= 4 is 22.6 Å². The number of carbonyl (C=O) groups excluding carboxylic acids is 2. The van der Waals surface area contributed by atoms with E-state index in [0.717, 1.165) is 0 Å². The zero-order valence-electron chi connectivity index (χ0n) is 13.3. The standard InChI is InChI=1S/C16H18N2O5/c1-8(9(2)19)17-15(21)13-14(20)11-7-10(23-4)5-6-12(11)18(3)16(13)22/h5-8,20H,1-4H3,(H,17,21)/t8-/m0/s1. The van der Waals surface area contributed by atoms with Crippen LogP contribution in [0.3, 0.4) is 0 Å². The fourth-order valence-corrected chi connectivity index (χ4v) is 2.21. The van der Waals surface area contributed by atoms with Gasteiger partial charge in [-0.05, 0) is 32.0 Å². The predicted octanol–water partition coefficient (Wildman–Crippen LogP) is 0.960. The molecule has 7 nitrogen and oxygen atoms in total. The molecule has 1 aromatic carbocycles. The van der Waals surface area contributed by atoms with Crippen molar-refractivity contribution in [3.63, 3.8) is 0 Å². The number of ketones is 1. The van der Waals surface area contributed by atoms with E-state index in [-0.39, 0.29) is 5.78 Å². The summed E-state index contributed by atoms with van der Waals surface area (Å²) in [5.74, 6) is -1.00. The first kappa shape index (κ1) is 16.5. The van der Waals surface area contributed by atoms with Crippen molar-refractivity contribution in [1.82, 2.24) is 9.88 Å². The van der Waals surface area contributed by atoms with Crippen LogP contribution >= 0.6 is 0 Å². The number of aromatic nitrogens is 1. The number of benzene rings is 1. The number of Topliss-reactive ketones (excluding diaryl/α,β-unsaturated/α-hetero) is 1. The van der Waals surface area contributed by atoms with Gasteiger partial charge in [-0.15, -0.1) is 0 Å². The molecule has 0 saturated heterocycles. The van der Waals surface area contributed by atoms with Crippen LogP contribution in [0.15, 0.2) is 23.0 Å². The van der Waals surface area contributed by atoms with Crippen molar-refractivity contribution in [2.75, 3.05) is 7.11 Å². The molecule has 23 heavy (non-hydrogen) atoms. The maximum atomic E-state index is 12.4. The second kappa shape index (κ2) is 6.12. The Kier molecular flexibility index (Phi) is 4.40. The van der Waals surface area contributed by atoms with Crippen LogP contribution in [0.5, 0.6) is 11.5 Å². The molecule has 0 saturated carbocycles. The molecule has 0 radical (unpaired) electrons. The van der Waals surface area contributed by atoms with E-state index in [1.54, 1.807) is 12.1 Å². The van der Waals surface area contributed by atoms with E-state index >= 15 is 0 Å². The number of nitrogens with zero attached hydrogens (tertiary/aromatic N) is 1. The maximum absolute atomic E-state index is 12.4. The molecule has 1 atom stereocenters. The van der Waals surface area contributed by atoms with Crippen molar-refractivity contribution in [3.05, 3.63) is 34.1 Å². The number of carbonyl (C=O) groups is 2. The summed E-state index contributed by atoms with van der Waals surface area (Å²) in [5.41, 5.74) is -0.584. The molecule has 2 aromatic rings. The lowest BCUT2D eigenvalue weighted by Crippen LogP contribution is -2.40. The first-order valence-corrected chi connectivity index (χ1v) is 6.99. The quantitative estimate of drug-likeness (QED) is 0.875. The molecule has 1 amide bonds. The van der Waals surface area contributed by atoms with Gasteiger partial charge in [-0.2, -0.15) is 0 Å². The molecule has 122 valence electrons. The number of ether oxygens (including phenoxy) is 1. The minimum Gasteiger partial charge on any atom is -0.506 e. The van der Waals surface area contributed by atoms with Gasteiger partial charge in [-0.1, -0.05) is 0 Å². The zero-order valence-corrected chi connectivity index (χ0v) is 13.3. The molecule has 0 aliphatic rings. The highest BCUT2D eigenvalue weighted by Crippen LogP contribution is 2.29. The predicted molar refractivity (Wildman–Crippen MR) is 85.0 cm³/mol. The molecular weight excluding hydrogens is 300 g/mol. The van der Waals surface area contributed by atoms with E-state index < -0.39 is 28.8 Å². The Balaban J connectivity index is 2.66. The van der Waals surface area contributed by atoms with Gasteiger partial charge in [0, 0.05) is 12.4 Å². The van der Waals surface area contributed by atoms with Gasteiger partial charge in [0.05, 0.1) is 18.7 Å². The lowest BCUT2D eigenvalue weighted by Gasteiger charge is -2.14. The largest absolute Gasteiger partial charge is 0.506 e. The van der Waals surface area contributed by atoms with Crippen LogP contribution in [0.1, 0.15) is 24.2 Å². The Morgan fingerprint density at radius 3 is 2.57 bits per heavy atom. The summed E-state index contributed by atoms with van der Waals surface area (Å²) in [6.45, 7) is 2.83. The molecule has 0 unspecified atom stereocenters. The summed E-state index contributed by atoms with van der Waals surface area (Å²) < 4.78 is 6.37. The molecule has 2 N–H and O–H groups in total. The van der Waals surface area contributed by atoms with Crippen LogP contribution in [0.25, 0.3) is 10.9 Å². The number of aromatic hydroxyl groups is 1. The lowest BCUT2D eigenvalue weighted by molar-refractivity contribution is -0.118. The van der Waals surface area contributed by atoms with Gasteiger partial charge >= 0.3 is 0 Å². The van der Waals surface area contributed by atoms with Crippen LogP contribution in [0, 0.1) is 0 Å². The lowest BCUT2D eigenvalue weighted by atomic mass is 10.1. The Morgan fingerprint density at radius 1 is 1.35 bits per heavy atom. The van der Waals surface area contributed by atoms with Crippen molar-refractivity contribution in [3.8, 4) is 11.5 Å². The zero-order chi connectivity index (χ0) is 17.3.